The lowest BCUT2D eigenvalue weighted by atomic mass is 10.0. The lowest BCUT2D eigenvalue weighted by molar-refractivity contribution is 0.178. The summed E-state index contributed by atoms with van der Waals surface area (Å²) in [6.07, 6.45) is -0.211. The lowest BCUT2D eigenvalue weighted by Crippen LogP contribution is -2.02. The van der Waals surface area contributed by atoms with Gasteiger partial charge in [0.2, 0.25) is 0 Å². The van der Waals surface area contributed by atoms with Gasteiger partial charge in [0.15, 0.2) is 0 Å². The summed E-state index contributed by atoms with van der Waals surface area (Å²) in [5, 5.41) is 11.7. The number of rotatable bonds is 3. The third kappa shape index (κ3) is 3.18. The maximum atomic E-state index is 10.2. The van der Waals surface area contributed by atoms with E-state index in [4.69, 9.17) is 34.8 Å². The molecule has 2 aromatic rings. The van der Waals surface area contributed by atoms with E-state index >= 15 is 0 Å². The summed E-state index contributed by atoms with van der Waals surface area (Å²) >= 11 is 17.8. The van der Waals surface area contributed by atoms with Crippen LogP contribution in [0.5, 0.6) is 0 Å². The average Bonchev–Trinajstić information content (AvgIpc) is 2.35. The smallest absolute Gasteiger partial charge is 0.0831 e. The van der Waals surface area contributed by atoms with Crippen LogP contribution in [0.3, 0.4) is 0 Å². The van der Waals surface area contributed by atoms with Gasteiger partial charge in [-0.2, -0.15) is 0 Å². The number of benzene rings is 2. The van der Waals surface area contributed by atoms with Crippen LogP contribution in [0.15, 0.2) is 42.5 Å². The zero-order valence-electron chi connectivity index (χ0n) is 9.41. The molecule has 0 saturated heterocycles. The normalized spacial score (nSPS) is 12.4. The molecule has 0 aromatic heterocycles. The van der Waals surface area contributed by atoms with E-state index in [9.17, 15) is 5.11 Å². The van der Waals surface area contributed by atoms with Gasteiger partial charge in [0.25, 0.3) is 0 Å². The zero-order chi connectivity index (χ0) is 13.1. The van der Waals surface area contributed by atoms with E-state index in [-0.39, 0.29) is 0 Å². The Morgan fingerprint density at radius 2 is 1.61 bits per heavy atom. The Morgan fingerprint density at radius 1 is 0.889 bits per heavy atom. The highest BCUT2D eigenvalue weighted by Gasteiger charge is 2.12. The molecule has 94 valence electrons. The lowest BCUT2D eigenvalue weighted by Gasteiger charge is -2.13. The van der Waals surface area contributed by atoms with Crippen LogP contribution >= 0.6 is 34.8 Å². The molecule has 0 amide bonds. The summed E-state index contributed by atoms with van der Waals surface area (Å²) < 4.78 is 0. The molecule has 2 aromatic carbocycles. The van der Waals surface area contributed by atoms with Crippen molar-refractivity contribution in [2.24, 2.45) is 0 Å². The molecule has 1 nitrogen and oxygen atoms in total. The molecular weight excluding hydrogens is 291 g/mol. The van der Waals surface area contributed by atoms with Gasteiger partial charge in [-0.15, -0.1) is 0 Å². The minimum Gasteiger partial charge on any atom is -0.388 e. The van der Waals surface area contributed by atoms with Crippen LogP contribution in [0, 0.1) is 0 Å². The van der Waals surface area contributed by atoms with Crippen LogP contribution in [0.2, 0.25) is 15.1 Å². The Bertz CT molecular complexity index is 554. The molecule has 4 heteroatoms. The molecule has 0 saturated carbocycles. The van der Waals surface area contributed by atoms with E-state index in [1.54, 1.807) is 24.3 Å². The average molecular weight is 302 g/mol. The first-order valence-electron chi connectivity index (χ1n) is 5.44. The second-order valence-corrected chi connectivity index (χ2v) is 5.21. The molecule has 1 N–H and O–H groups in total. The van der Waals surface area contributed by atoms with E-state index in [2.05, 4.69) is 0 Å². The van der Waals surface area contributed by atoms with E-state index in [1.807, 2.05) is 18.2 Å². The van der Waals surface area contributed by atoms with Crippen LogP contribution in [0.25, 0.3) is 0 Å². The highest BCUT2D eigenvalue weighted by molar-refractivity contribution is 6.42. The maximum Gasteiger partial charge on any atom is 0.0831 e. The minimum absolute atomic E-state index is 0.437. The van der Waals surface area contributed by atoms with Gasteiger partial charge in [-0.1, -0.05) is 59.1 Å². The fourth-order valence-corrected chi connectivity index (χ4v) is 2.23. The number of halogens is 3. The van der Waals surface area contributed by atoms with Gasteiger partial charge in [0.05, 0.1) is 16.1 Å². The van der Waals surface area contributed by atoms with Gasteiger partial charge in [-0.3, -0.25) is 0 Å². The standard InChI is InChI=1S/C14H11Cl3O/c15-11-4-2-1-3-9(11)8-14(18)10-5-6-12(16)13(17)7-10/h1-7,14,18H,8H2. The maximum absolute atomic E-state index is 10.2. The van der Waals surface area contributed by atoms with Gasteiger partial charge in [-0.05, 0) is 29.3 Å². The number of hydrogen-bond donors (Lipinski definition) is 1. The molecule has 1 atom stereocenters. The largest absolute Gasteiger partial charge is 0.388 e. The Morgan fingerprint density at radius 3 is 2.28 bits per heavy atom. The van der Waals surface area contributed by atoms with Crippen molar-refractivity contribution in [3.8, 4) is 0 Å². The van der Waals surface area contributed by atoms with Crippen LogP contribution in [0.4, 0.5) is 0 Å². The first kappa shape index (κ1) is 13.7. The van der Waals surface area contributed by atoms with E-state index in [0.29, 0.717) is 21.5 Å². The predicted octanol–water partition coefficient (Wildman–Crippen LogP) is 4.92. The summed E-state index contributed by atoms with van der Waals surface area (Å²) in [4.78, 5) is 0. The second kappa shape index (κ2) is 5.94. The molecular formula is C14H11Cl3O. The summed E-state index contributed by atoms with van der Waals surface area (Å²) in [6, 6.07) is 12.6. The summed E-state index contributed by atoms with van der Waals surface area (Å²) in [7, 11) is 0. The van der Waals surface area contributed by atoms with Gasteiger partial charge in [-0.25, -0.2) is 0 Å². The fourth-order valence-electron chi connectivity index (χ4n) is 1.71. The van der Waals surface area contributed by atoms with Gasteiger partial charge < -0.3 is 5.11 Å². The van der Waals surface area contributed by atoms with Gasteiger partial charge in [0.1, 0.15) is 0 Å². The fraction of sp³-hybridized carbons (Fsp3) is 0.143. The topological polar surface area (TPSA) is 20.2 Å². The van der Waals surface area contributed by atoms with Crippen molar-refractivity contribution in [2.45, 2.75) is 12.5 Å². The molecule has 0 radical (unpaired) electrons. The van der Waals surface area contributed by atoms with Gasteiger partial charge in [0, 0.05) is 11.4 Å². The van der Waals surface area contributed by atoms with Crippen molar-refractivity contribution < 1.29 is 5.11 Å². The monoisotopic (exact) mass is 300 g/mol. The van der Waals surface area contributed by atoms with Crippen molar-refractivity contribution in [1.82, 2.24) is 0 Å². The third-order valence-corrected chi connectivity index (χ3v) is 3.81. The Balaban J connectivity index is 2.19. The summed E-state index contributed by atoms with van der Waals surface area (Å²) in [5.74, 6) is 0. The number of aliphatic hydroxyl groups is 1. The third-order valence-electron chi connectivity index (χ3n) is 2.70. The molecule has 0 aliphatic heterocycles. The second-order valence-electron chi connectivity index (χ2n) is 3.98. The summed E-state index contributed by atoms with van der Waals surface area (Å²) in [6.45, 7) is 0. The zero-order valence-corrected chi connectivity index (χ0v) is 11.7. The molecule has 1 unspecified atom stereocenters. The molecule has 18 heavy (non-hydrogen) atoms. The van der Waals surface area contributed by atoms with Crippen molar-refractivity contribution in [3.05, 3.63) is 68.7 Å². The molecule has 0 spiro atoms. The Hall–Kier alpha value is -0.730. The van der Waals surface area contributed by atoms with Gasteiger partial charge >= 0.3 is 0 Å². The quantitative estimate of drug-likeness (QED) is 0.853. The highest BCUT2D eigenvalue weighted by Crippen LogP contribution is 2.28. The van der Waals surface area contributed by atoms with E-state index in [0.717, 1.165) is 11.1 Å². The highest BCUT2D eigenvalue weighted by atomic mass is 35.5. The van der Waals surface area contributed by atoms with E-state index in [1.165, 1.54) is 0 Å². The molecule has 2 rings (SSSR count). The minimum atomic E-state index is -0.653. The molecule has 0 bridgehead atoms. The van der Waals surface area contributed by atoms with Crippen LogP contribution in [0.1, 0.15) is 17.2 Å². The Kier molecular flexibility index (Phi) is 4.52. The predicted molar refractivity (Wildman–Crippen MR) is 76.6 cm³/mol. The van der Waals surface area contributed by atoms with Crippen molar-refractivity contribution >= 4 is 34.8 Å². The van der Waals surface area contributed by atoms with E-state index < -0.39 is 6.10 Å². The number of aliphatic hydroxyl groups excluding tert-OH is 1. The summed E-state index contributed by atoms with van der Waals surface area (Å²) in [5.41, 5.74) is 1.63. The van der Waals surface area contributed by atoms with Crippen LogP contribution in [-0.2, 0) is 6.42 Å². The first-order chi connectivity index (χ1) is 8.58. The molecule has 0 aliphatic carbocycles. The van der Waals surface area contributed by atoms with Crippen LogP contribution < -0.4 is 0 Å². The molecule has 0 heterocycles. The van der Waals surface area contributed by atoms with Crippen molar-refractivity contribution in [3.63, 3.8) is 0 Å². The molecule has 0 fully saturated rings. The Labute approximate surface area is 121 Å². The number of hydrogen-bond acceptors (Lipinski definition) is 1. The first-order valence-corrected chi connectivity index (χ1v) is 6.57. The molecule has 0 aliphatic rings. The van der Waals surface area contributed by atoms with Crippen LogP contribution in [-0.4, -0.2) is 5.11 Å². The van der Waals surface area contributed by atoms with Crippen molar-refractivity contribution in [2.75, 3.05) is 0 Å². The SMILES string of the molecule is OC(Cc1ccccc1Cl)c1ccc(Cl)c(Cl)c1. The van der Waals surface area contributed by atoms with Crippen molar-refractivity contribution in [1.29, 1.82) is 0 Å².